The molecule has 1 N–H and O–H groups in total. The Balaban J connectivity index is 3.00. The Kier molecular flexibility index (Phi) is 5.68. The highest BCUT2D eigenvalue weighted by Crippen LogP contribution is 2.13. The van der Waals surface area contributed by atoms with Crippen molar-refractivity contribution in [1.82, 2.24) is 4.72 Å². The van der Waals surface area contributed by atoms with Crippen LogP contribution in [0.1, 0.15) is 19.4 Å². The molecule has 0 heterocycles. The van der Waals surface area contributed by atoms with Crippen LogP contribution in [0.25, 0.3) is 0 Å². The molecule has 0 fully saturated rings. The van der Waals surface area contributed by atoms with Gasteiger partial charge in [0.1, 0.15) is 0 Å². The highest BCUT2D eigenvalue weighted by molar-refractivity contribution is 9.08. The number of carbonyl (C=O) groups excluding carboxylic acids is 1. The minimum atomic E-state index is -2.72. The van der Waals surface area contributed by atoms with Gasteiger partial charge < -0.3 is 4.74 Å². The standard InChI is InChI=1S/C12H16BrNO3S/c1-3-17-12(15)14-18(16,4-2)11-7-5-10(9-13)6-8-11/h4-8H,3,9H2,1-2H3,(H,14,15,16). The Labute approximate surface area is 116 Å². The number of amides is 1. The van der Waals surface area contributed by atoms with Crippen LogP contribution < -0.4 is 4.72 Å². The van der Waals surface area contributed by atoms with E-state index in [1.807, 2.05) is 12.1 Å². The maximum Gasteiger partial charge on any atom is 0.418 e. The molecule has 0 radical (unpaired) electrons. The molecule has 0 saturated carbocycles. The van der Waals surface area contributed by atoms with Crippen molar-refractivity contribution in [3.05, 3.63) is 29.8 Å². The fourth-order valence-electron chi connectivity index (χ4n) is 1.32. The molecular formula is C12H16BrNO3S. The molecule has 0 saturated heterocycles. The van der Waals surface area contributed by atoms with Gasteiger partial charge in [-0.1, -0.05) is 28.1 Å². The normalized spacial score (nSPS) is 13.5. The van der Waals surface area contributed by atoms with Gasteiger partial charge in [-0.25, -0.2) is 13.7 Å². The largest absolute Gasteiger partial charge is 0.449 e. The smallest absolute Gasteiger partial charge is 0.418 e. The van der Waals surface area contributed by atoms with Crippen molar-refractivity contribution in [3.63, 3.8) is 0 Å². The van der Waals surface area contributed by atoms with Gasteiger partial charge in [-0.2, -0.15) is 0 Å². The van der Waals surface area contributed by atoms with Crippen LogP contribution in [-0.4, -0.2) is 22.3 Å². The summed E-state index contributed by atoms with van der Waals surface area (Å²) < 4.78 is 19.7. The predicted molar refractivity (Wildman–Crippen MR) is 77.4 cm³/mol. The molecule has 1 aromatic rings. The first kappa shape index (κ1) is 15.0. The molecule has 1 aromatic carbocycles. The second kappa shape index (κ2) is 6.80. The summed E-state index contributed by atoms with van der Waals surface area (Å²) in [7, 11) is -2.72. The van der Waals surface area contributed by atoms with Crippen molar-refractivity contribution in [2.45, 2.75) is 24.1 Å². The topological polar surface area (TPSA) is 55.4 Å². The summed E-state index contributed by atoms with van der Waals surface area (Å²) in [6.07, 6.45) is -0.676. The van der Waals surface area contributed by atoms with Gasteiger partial charge in [-0.05, 0) is 36.9 Å². The number of nitrogens with one attached hydrogen (secondary N) is 1. The summed E-state index contributed by atoms with van der Waals surface area (Å²) in [5.41, 5.74) is 1.08. The van der Waals surface area contributed by atoms with E-state index in [-0.39, 0.29) is 6.61 Å². The third-order valence-corrected chi connectivity index (χ3v) is 5.02. The van der Waals surface area contributed by atoms with Gasteiger partial charge in [0, 0.05) is 10.2 Å². The van der Waals surface area contributed by atoms with Crippen LogP contribution in [0.3, 0.4) is 0 Å². The summed E-state index contributed by atoms with van der Waals surface area (Å²) in [6, 6.07) is 7.20. The fraction of sp³-hybridized carbons (Fsp3) is 0.333. The van der Waals surface area contributed by atoms with Gasteiger partial charge in [-0.3, -0.25) is 0 Å². The highest BCUT2D eigenvalue weighted by Gasteiger charge is 2.13. The molecule has 0 aliphatic carbocycles. The van der Waals surface area contributed by atoms with E-state index in [4.69, 9.17) is 4.74 Å². The van der Waals surface area contributed by atoms with Crippen molar-refractivity contribution in [1.29, 1.82) is 0 Å². The number of ether oxygens (including phenoxy) is 1. The third-order valence-electron chi connectivity index (χ3n) is 2.27. The van der Waals surface area contributed by atoms with Crippen molar-refractivity contribution in [2.24, 2.45) is 0 Å². The lowest BCUT2D eigenvalue weighted by molar-refractivity contribution is 0.159. The number of hydrogen-bond acceptors (Lipinski definition) is 3. The summed E-state index contributed by atoms with van der Waals surface area (Å²) in [5, 5.41) is 2.21. The molecule has 6 heteroatoms. The minimum Gasteiger partial charge on any atom is -0.449 e. The average Bonchev–Trinajstić information content (AvgIpc) is 2.39. The molecule has 1 rings (SSSR count). The number of alkyl halides is 1. The van der Waals surface area contributed by atoms with Crippen molar-refractivity contribution in [2.75, 3.05) is 6.61 Å². The van der Waals surface area contributed by atoms with Gasteiger partial charge in [0.05, 0.1) is 16.3 Å². The molecule has 100 valence electrons. The zero-order valence-electron chi connectivity index (χ0n) is 10.3. The Morgan fingerprint density at radius 1 is 1.44 bits per heavy atom. The SMILES string of the molecule is CC=S(=O)(NC(=O)OCC)c1ccc(CBr)cc1. The monoisotopic (exact) mass is 333 g/mol. The van der Waals surface area contributed by atoms with Gasteiger partial charge >= 0.3 is 6.09 Å². The second-order valence-electron chi connectivity index (χ2n) is 3.44. The van der Waals surface area contributed by atoms with Crippen LogP contribution in [0, 0.1) is 0 Å². The van der Waals surface area contributed by atoms with Gasteiger partial charge in [-0.15, -0.1) is 0 Å². The van der Waals surface area contributed by atoms with Gasteiger partial charge in [0.2, 0.25) is 0 Å². The molecule has 18 heavy (non-hydrogen) atoms. The number of benzene rings is 1. The summed E-state index contributed by atoms with van der Waals surface area (Å²) >= 11 is 3.34. The molecule has 1 atom stereocenters. The third kappa shape index (κ3) is 3.74. The summed E-state index contributed by atoms with van der Waals surface area (Å²) in [4.78, 5) is 11.9. The maximum atomic E-state index is 12.6. The molecule has 0 spiro atoms. The number of rotatable bonds is 4. The molecule has 0 aliphatic heterocycles. The lowest BCUT2D eigenvalue weighted by atomic mass is 10.2. The van der Waals surface area contributed by atoms with Crippen LogP contribution in [0.2, 0.25) is 0 Å². The number of hydrogen-bond donors (Lipinski definition) is 1. The number of carbonyl (C=O) groups is 1. The van der Waals surface area contributed by atoms with E-state index in [0.29, 0.717) is 4.90 Å². The van der Waals surface area contributed by atoms with Gasteiger partial charge in [0.15, 0.2) is 0 Å². The van der Waals surface area contributed by atoms with Crippen LogP contribution >= 0.6 is 15.9 Å². The van der Waals surface area contributed by atoms with Crippen molar-refractivity contribution in [3.8, 4) is 0 Å². The fourth-order valence-corrected chi connectivity index (χ4v) is 3.05. The van der Waals surface area contributed by atoms with Crippen LogP contribution in [0.4, 0.5) is 4.79 Å². The van der Waals surface area contributed by atoms with Crippen molar-refractivity contribution >= 4 is 37.1 Å². The van der Waals surface area contributed by atoms with Crippen molar-refractivity contribution < 1.29 is 13.7 Å². The van der Waals surface area contributed by atoms with Gasteiger partial charge in [0.25, 0.3) is 0 Å². The molecular weight excluding hydrogens is 318 g/mol. The van der Waals surface area contributed by atoms with E-state index in [1.165, 1.54) is 5.37 Å². The molecule has 1 unspecified atom stereocenters. The van der Waals surface area contributed by atoms with E-state index in [9.17, 15) is 9.00 Å². The molecule has 1 amide bonds. The molecule has 4 nitrogen and oxygen atoms in total. The average molecular weight is 334 g/mol. The first-order valence-corrected chi connectivity index (χ1v) is 8.23. The Bertz CT molecular complexity index is 519. The predicted octanol–water partition coefficient (Wildman–Crippen LogP) is 2.71. The van der Waals surface area contributed by atoms with E-state index in [1.54, 1.807) is 26.0 Å². The minimum absolute atomic E-state index is 0.244. The first-order valence-electron chi connectivity index (χ1n) is 5.48. The lowest BCUT2D eigenvalue weighted by Crippen LogP contribution is -2.32. The zero-order valence-corrected chi connectivity index (χ0v) is 12.7. The maximum absolute atomic E-state index is 12.6. The molecule has 0 aromatic heterocycles. The van der Waals surface area contributed by atoms with Crippen LogP contribution in [-0.2, 0) is 19.8 Å². The zero-order chi connectivity index (χ0) is 13.6. The summed E-state index contributed by atoms with van der Waals surface area (Å²) in [5.74, 6) is 0. The molecule has 0 aliphatic rings. The Morgan fingerprint density at radius 2 is 2.06 bits per heavy atom. The first-order chi connectivity index (χ1) is 8.55. The second-order valence-corrected chi connectivity index (χ2v) is 6.35. The van der Waals surface area contributed by atoms with Crippen LogP contribution in [0.5, 0.6) is 0 Å². The van der Waals surface area contributed by atoms with E-state index >= 15 is 0 Å². The quantitative estimate of drug-likeness (QED) is 0.680. The lowest BCUT2D eigenvalue weighted by Gasteiger charge is -2.13. The van der Waals surface area contributed by atoms with E-state index in [2.05, 4.69) is 20.7 Å². The number of halogens is 1. The van der Waals surface area contributed by atoms with Crippen LogP contribution in [0.15, 0.2) is 29.2 Å². The Morgan fingerprint density at radius 3 is 2.50 bits per heavy atom. The Hall–Kier alpha value is -1.01. The van der Waals surface area contributed by atoms with E-state index in [0.717, 1.165) is 10.9 Å². The summed E-state index contributed by atoms with van der Waals surface area (Å²) in [6.45, 7) is 3.59. The molecule has 0 bridgehead atoms. The van der Waals surface area contributed by atoms with E-state index < -0.39 is 15.8 Å². The highest BCUT2D eigenvalue weighted by atomic mass is 79.9.